The first-order valence-corrected chi connectivity index (χ1v) is 10.1. The summed E-state index contributed by atoms with van der Waals surface area (Å²) in [4.78, 5) is 7.23. The summed E-state index contributed by atoms with van der Waals surface area (Å²) in [7, 11) is -3.51. The van der Waals surface area contributed by atoms with E-state index in [2.05, 4.69) is 10.3 Å². The summed E-state index contributed by atoms with van der Waals surface area (Å²) in [5.74, 6) is 0. The highest BCUT2D eigenvalue weighted by atomic mass is 32.2. The molecule has 1 aromatic heterocycles. The summed E-state index contributed by atoms with van der Waals surface area (Å²) >= 11 is 0. The molecule has 0 aliphatic carbocycles. The molecule has 2 heterocycles. The Hall–Kier alpha value is -2.45. The minimum Gasteiger partial charge on any atom is -0.390 e. The van der Waals surface area contributed by atoms with Crippen LogP contribution in [0.15, 0.2) is 53.4 Å². The topological polar surface area (TPSA) is 77.3 Å². The van der Waals surface area contributed by atoms with E-state index in [9.17, 15) is 8.42 Å². The van der Waals surface area contributed by atoms with Crippen molar-refractivity contribution in [1.29, 1.82) is 0 Å². The Bertz CT molecular complexity index is 996. The third-order valence-electron chi connectivity index (χ3n) is 4.54. The molecule has 2 aromatic carbocycles. The monoisotopic (exact) mass is 372 g/mol. The molecule has 0 spiro atoms. The van der Waals surface area contributed by atoms with Crippen LogP contribution in [0.4, 0.5) is 0 Å². The minimum atomic E-state index is -3.51. The van der Waals surface area contributed by atoms with Gasteiger partial charge in [-0.1, -0.05) is 41.6 Å². The van der Waals surface area contributed by atoms with Gasteiger partial charge in [-0.25, -0.2) is 8.42 Å². The fourth-order valence-electron chi connectivity index (χ4n) is 3.10. The van der Waals surface area contributed by atoms with Gasteiger partial charge in [0.15, 0.2) is 0 Å². The highest BCUT2D eigenvalue weighted by molar-refractivity contribution is 7.89. The molecule has 0 atom stereocenters. The van der Waals surface area contributed by atoms with Gasteiger partial charge >= 0.3 is 0 Å². The molecule has 7 nitrogen and oxygen atoms in total. The summed E-state index contributed by atoms with van der Waals surface area (Å²) < 4.78 is 27.3. The molecule has 0 bridgehead atoms. The largest absolute Gasteiger partial charge is 0.390 e. The third kappa shape index (κ3) is 3.30. The molecule has 4 rings (SSSR count). The Balaban J connectivity index is 1.62. The molecule has 1 saturated heterocycles. The number of aromatic nitrogens is 3. The van der Waals surface area contributed by atoms with E-state index in [-0.39, 0.29) is 4.90 Å². The van der Waals surface area contributed by atoms with Crippen molar-refractivity contribution in [3.8, 4) is 0 Å². The van der Waals surface area contributed by atoms with E-state index in [4.69, 9.17) is 4.84 Å². The van der Waals surface area contributed by atoms with Gasteiger partial charge in [0.1, 0.15) is 17.6 Å². The zero-order valence-corrected chi connectivity index (χ0v) is 15.1. The van der Waals surface area contributed by atoms with E-state index in [1.54, 1.807) is 22.5 Å². The second-order valence-corrected chi connectivity index (χ2v) is 8.27. The van der Waals surface area contributed by atoms with Gasteiger partial charge in [0.25, 0.3) is 0 Å². The van der Waals surface area contributed by atoms with Crippen molar-refractivity contribution in [3.63, 3.8) is 0 Å². The first-order valence-electron chi connectivity index (χ1n) is 8.67. The minimum absolute atomic E-state index is 0.249. The average Bonchev–Trinajstić information content (AvgIpc) is 3.10. The van der Waals surface area contributed by atoms with Crippen LogP contribution in [0.5, 0.6) is 0 Å². The number of fused-ring (bicyclic) bond motifs is 1. The molecule has 3 aromatic rings. The van der Waals surface area contributed by atoms with Crippen LogP contribution in [-0.4, -0.2) is 41.0 Å². The Labute approximate surface area is 152 Å². The lowest BCUT2D eigenvalue weighted by Gasteiger charge is -2.25. The standard InChI is InChI=1S/C18H20N4O3S/c23-26(24,21-11-5-2-6-12-21)16-9-10-17-18(13-16)22(20-19-17)25-14-15-7-3-1-4-8-15/h1,3-4,7-10,13H,2,5-6,11-12,14H2. The molecule has 0 amide bonds. The van der Waals surface area contributed by atoms with Crippen LogP contribution in [-0.2, 0) is 16.6 Å². The van der Waals surface area contributed by atoms with Crippen molar-refractivity contribution >= 4 is 21.1 Å². The summed E-state index contributed by atoms with van der Waals surface area (Å²) in [6, 6.07) is 14.5. The van der Waals surface area contributed by atoms with Gasteiger partial charge in [-0.2, -0.15) is 4.31 Å². The van der Waals surface area contributed by atoms with Crippen LogP contribution in [0.25, 0.3) is 11.0 Å². The fourth-order valence-corrected chi connectivity index (χ4v) is 4.64. The Morgan fingerprint density at radius 2 is 1.77 bits per heavy atom. The van der Waals surface area contributed by atoms with Crippen molar-refractivity contribution in [2.24, 2.45) is 0 Å². The number of piperidine rings is 1. The summed E-state index contributed by atoms with van der Waals surface area (Å²) in [5, 5.41) is 8.03. The fraction of sp³-hybridized carbons (Fsp3) is 0.333. The maximum Gasteiger partial charge on any atom is 0.243 e. The van der Waals surface area contributed by atoms with Gasteiger partial charge in [-0.15, -0.1) is 5.10 Å². The number of sulfonamides is 1. The maximum atomic E-state index is 12.9. The van der Waals surface area contributed by atoms with Crippen molar-refractivity contribution in [2.75, 3.05) is 13.1 Å². The smallest absolute Gasteiger partial charge is 0.243 e. The predicted molar refractivity (Wildman–Crippen MR) is 96.9 cm³/mol. The van der Waals surface area contributed by atoms with E-state index in [1.807, 2.05) is 30.3 Å². The Kier molecular flexibility index (Phi) is 4.60. The second-order valence-electron chi connectivity index (χ2n) is 6.34. The number of nitrogens with zero attached hydrogens (tertiary/aromatic N) is 4. The molecule has 1 aliphatic rings. The molecule has 136 valence electrons. The normalized spacial score (nSPS) is 16.0. The van der Waals surface area contributed by atoms with Crippen LogP contribution in [0, 0.1) is 0 Å². The van der Waals surface area contributed by atoms with Crippen LogP contribution < -0.4 is 4.84 Å². The van der Waals surface area contributed by atoms with Crippen LogP contribution in [0.2, 0.25) is 0 Å². The third-order valence-corrected chi connectivity index (χ3v) is 6.43. The molecule has 0 radical (unpaired) electrons. The zero-order chi connectivity index (χ0) is 18.0. The summed E-state index contributed by atoms with van der Waals surface area (Å²) in [5.41, 5.74) is 2.13. The van der Waals surface area contributed by atoms with Gasteiger partial charge in [0.05, 0.1) is 4.90 Å². The molecular weight excluding hydrogens is 352 g/mol. The van der Waals surface area contributed by atoms with Crippen molar-refractivity contribution < 1.29 is 13.3 Å². The molecule has 26 heavy (non-hydrogen) atoms. The quantitative estimate of drug-likeness (QED) is 0.686. The van der Waals surface area contributed by atoms with Crippen molar-refractivity contribution in [1.82, 2.24) is 19.5 Å². The highest BCUT2D eigenvalue weighted by Gasteiger charge is 2.26. The van der Waals surface area contributed by atoms with E-state index < -0.39 is 10.0 Å². The Morgan fingerprint density at radius 3 is 2.54 bits per heavy atom. The van der Waals surface area contributed by atoms with Crippen molar-refractivity contribution in [3.05, 3.63) is 54.1 Å². The zero-order valence-electron chi connectivity index (χ0n) is 14.3. The van der Waals surface area contributed by atoms with E-state index in [1.165, 1.54) is 4.85 Å². The molecule has 1 fully saturated rings. The average molecular weight is 372 g/mol. The predicted octanol–water partition coefficient (Wildman–Crippen LogP) is 2.23. The molecule has 0 unspecified atom stereocenters. The first kappa shape index (κ1) is 17.0. The van der Waals surface area contributed by atoms with Crippen LogP contribution in [0.1, 0.15) is 24.8 Å². The highest BCUT2D eigenvalue weighted by Crippen LogP contribution is 2.23. The van der Waals surface area contributed by atoms with E-state index in [0.717, 1.165) is 24.8 Å². The van der Waals surface area contributed by atoms with Crippen molar-refractivity contribution in [2.45, 2.75) is 30.8 Å². The number of rotatable bonds is 5. The van der Waals surface area contributed by atoms with E-state index in [0.29, 0.717) is 30.7 Å². The lowest BCUT2D eigenvalue weighted by molar-refractivity contribution is 0.0751. The summed E-state index contributed by atoms with van der Waals surface area (Å²) in [6.07, 6.45) is 2.89. The molecule has 0 N–H and O–H groups in total. The van der Waals surface area contributed by atoms with Gasteiger partial charge < -0.3 is 4.84 Å². The first-order chi connectivity index (χ1) is 12.6. The Morgan fingerprint density at radius 1 is 1.00 bits per heavy atom. The lowest BCUT2D eigenvalue weighted by Crippen LogP contribution is -2.35. The maximum absolute atomic E-state index is 12.9. The number of benzene rings is 2. The SMILES string of the molecule is O=S(=O)(c1ccc2nnn(OCc3ccccc3)c2c1)N1CCCCC1. The molecular formula is C18H20N4O3S. The van der Waals surface area contributed by atoms with Gasteiger partial charge in [0.2, 0.25) is 10.0 Å². The number of hydrogen-bond acceptors (Lipinski definition) is 5. The van der Waals surface area contributed by atoms with Gasteiger partial charge in [-0.3, -0.25) is 0 Å². The van der Waals surface area contributed by atoms with Gasteiger partial charge in [-0.05, 0) is 41.8 Å². The molecule has 0 saturated carbocycles. The summed E-state index contributed by atoms with van der Waals surface area (Å²) in [6.45, 7) is 1.47. The van der Waals surface area contributed by atoms with Crippen LogP contribution in [0.3, 0.4) is 0 Å². The number of hydrogen-bond donors (Lipinski definition) is 0. The van der Waals surface area contributed by atoms with Gasteiger partial charge in [0, 0.05) is 13.1 Å². The second kappa shape index (κ2) is 7.05. The lowest BCUT2D eigenvalue weighted by atomic mass is 10.2. The molecule has 1 aliphatic heterocycles. The van der Waals surface area contributed by atoms with E-state index >= 15 is 0 Å². The van der Waals surface area contributed by atoms with Crippen LogP contribution >= 0.6 is 0 Å². The molecule has 8 heteroatoms.